The van der Waals surface area contributed by atoms with Gasteiger partial charge in [0.2, 0.25) is 0 Å². The van der Waals surface area contributed by atoms with Crippen molar-refractivity contribution < 1.29 is 14.2 Å². The van der Waals surface area contributed by atoms with Gasteiger partial charge in [-0.25, -0.2) is 0 Å². The molecule has 0 aliphatic heterocycles. The highest BCUT2D eigenvalue weighted by Crippen LogP contribution is 2.17. The predicted molar refractivity (Wildman–Crippen MR) is 182 cm³/mol. The van der Waals surface area contributed by atoms with Gasteiger partial charge in [0.25, 0.3) is 0 Å². The Labute approximate surface area is 255 Å². The smallest absolute Gasteiger partial charge is 0.0514 e. The lowest BCUT2D eigenvalue weighted by Crippen LogP contribution is -2.18. The minimum atomic E-state index is 0.309. The highest BCUT2D eigenvalue weighted by molar-refractivity contribution is 4.61. The number of unbranched alkanes of at least 4 members (excludes halogenated alkanes) is 3. The molecule has 0 N–H and O–H groups in total. The summed E-state index contributed by atoms with van der Waals surface area (Å²) < 4.78 is 17.0. The third-order valence-electron chi connectivity index (χ3n) is 7.13. The first-order valence-corrected chi connectivity index (χ1v) is 17.6. The van der Waals surface area contributed by atoms with Gasteiger partial charge >= 0.3 is 0 Å². The lowest BCUT2D eigenvalue weighted by atomic mass is 9.98. The molecule has 0 aliphatic carbocycles. The maximum Gasteiger partial charge on any atom is 0.0514 e. The maximum atomic E-state index is 5.75. The molecule has 0 bridgehead atoms. The minimum absolute atomic E-state index is 0.309. The normalized spacial score (nSPS) is 13.9. The van der Waals surface area contributed by atoms with E-state index in [0.29, 0.717) is 17.3 Å². The third kappa shape index (κ3) is 37.9. The Balaban J connectivity index is -0.000000514. The molecule has 0 fully saturated rings. The maximum absolute atomic E-state index is 5.75. The van der Waals surface area contributed by atoms with Crippen molar-refractivity contribution in [3.05, 3.63) is 0 Å². The minimum Gasteiger partial charge on any atom is -0.381 e. The van der Waals surface area contributed by atoms with E-state index >= 15 is 0 Å². The molecule has 0 amide bonds. The molecule has 3 nitrogen and oxygen atoms in total. The Morgan fingerprint density at radius 1 is 0.450 bits per heavy atom. The van der Waals surface area contributed by atoms with Crippen molar-refractivity contribution in [2.24, 2.45) is 35.0 Å². The van der Waals surface area contributed by atoms with Crippen molar-refractivity contribution in [3.63, 3.8) is 0 Å². The van der Waals surface area contributed by atoms with Crippen LogP contribution in [0.4, 0.5) is 0 Å². The number of hydrogen-bond donors (Lipinski definition) is 0. The molecular formula is C37H80O3. The molecule has 0 saturated heterocycles. The molecule has 246 valence electrons. The molecule has 0 aromatic carbocycles. The predicted octanol–water partition coefficient (Wildman–Crippen LogP) is 12.0. The van der Waals surface area contributed by atoms with E-state index in [2.05, 4.69) is 90.0 Å². The fraction of sp³-hybridized carbons (Fsp3) is 1.00. The van der Waals surface area contributed by atoms with E-state index in [1.165, 1.54) is 77.0 Å². The Hall–Kier alpha value is -0.120. The van der Waals surface area contributed by atoms with Crippen LogP contribution in [-0.4, -0.2) is 39.6 Å². The summed E-state index contributed by atoms with van der Waals surface area (Å²) in [5.74, 6) is 3.70. The lowest BCUT2D eigenvalue weighted by Gasteiger charge is -2.21. The molecule has 0 radical (unpaired) electrons. The van der Waals surface area contributed by atoms with Crippen LogP contribution in [0.15, 0.2) is 0 Å². The zero-order chi connectivity index (χ0) is 31.2. The van der Waals surface area contributed by atoms with Gasteiger partial charge in [0.1, 0.15) is 0 Å². The standard InChI is InChI=1S/C13H28O.2C12H26O/c1-6-8-9-12(7-2)10-14-11-13(3,4)5;2*1-5-7-8-12(6-2)10-13-9-11(3)4/h12H,6-11H2,1-5H3;2*11-12H,5-10H2,1-4H3/t2*12-;/m01./s1. The molecule has 40 heavy (non-hydrogen) atoms. The van der Waals surface area contributed by atoms with Crippen LogP contribution in [-0.2, 0) is 14.2 Å². The monoisotopic (exact) mass is 573 g/mol. The van der Waals surface area contributed by atoms with Gasteiger partial charge in [-0.3, -0.25) is 0 Å². The summed E-state index contributed by atoms with van der Waals surface area (Å²) in [5, 5.41) is 0. The summed E-state index contributed by atoms with van der Waals surface area (Å²) in [6.45, 7) is 34.6. The van der Waals surface area contributed by atoms with Crippen LogP contribution in [0, 0.1) is 35.0 Å². The second kappa shape index (κ2) is 31.8. The van der Waals surface area contributed by atoms with Gasteiger partial charge in [-0.05, 0) is 54.3 Å². The van der Waals surface area contributed by atoms with E-state index in [0.717, 1.165) is 57.4 Å². The zero-order valence-electron chi connectivity index (χ0n) is 30.3. The second-order valence-electron chi connectivity index (χ2n) is 14.2. The fourth-order valence-electron chi connectivity index (χ4n) is 4.17. The van der Waals surface area contributed by atoms with Gasteiger partial charge in [-0.15, -0.1) is 0 Å². The first-order valence-electron chi connectivity index (χ1n) is 17.6. The van der Waals surface area contributed by atoms with E-state index in [1.807, 2.05) is 0 Å². The van der Waals surface area contributed by atoms with Crippen molar-refractivity contribution in [2.45, 2.75) is 167 Å². The summed E-state index contributed by atoms with van der Waals surface area (Å²) in [7, 11) is 0. The third-order valence-corrected chi connectivity index (χ3v) is 7.13. The van der Waals surface area contributed by atoms with E-state index < -0.39 is 0 Å². The van der Waals surface area contributed by atoms with Gasteiger partial charge in [0.15, 0.2) is 0 Å². The first kappa shape index (κ1) is 44.3. The van der Waals surface area contributed by atoms with Gasteiger partial charge in [0.05, 0.1) is 6.61 Å². The topological polar surface area (TPSA) is 27.7 Å². The summed E-state index contributed by atoms with van der Waals surface area (Å²) in [6.07, 6.45) is 15.7. The Kier molecular flexibility index (Phi) is 35.2. The number of ether oxygens (including phenoxy) is 3. The summed E-state index contributed by atoms with van der Waals surface area (Å²) in [5.41, 5.74) is 0.309. The Morgan fingerprint density at radius 3 is 0.975 bits per heavy atom. The van der Waals surface area contributed by atoms with Crippen LogP contribution < -0.4 is 0 Å². The molecule has 0 rings (SSSR count). The van der Waals surface area contributed by atoms with E-state index in [9.17, 15) is 0 Å². The van der Waals surface area contributed by atoms with Gasteiger partial charge in [-0.2, -0.15) is 0 Å². The van der Waals surface area contributed by atoms with E-state index in [1.54, 1.807) is 0 Å². The molecule has 0 aromatic rings. The van der Waals surface area contributed by atoms with Crippen LogP contribution in [0.1, 0.15) is 167 Å². The van der Waals surface area contributed by atoms with Crippen LogP contribution in [0.2, 0.25) is 0 Å². The first-order chi connectivity index (χ1) is 18.9. The fourth-order valence-corrected chi connectivity index (χ4v) is 4.17. The van der Waals surface area contributed by atoms with Crippen LogP contribution in [0.25, 0.3) is 0 Å². The van der Waals surface area contributed by atoms with Crippen molar-refractivity contribution >= 4 is 0 Å². The molecule has 0 saturated carbocycles. The summed E-state index contributed by atoms with van der Waals surface area (Å²) in [6, 6.07) is 0. The van der Waals surface area contributed by atoms with E-state index in [-0.39, 0.29) is 0 Å². The Bertz CT molecular complexity index is 429. The molecular weight excluding hydrogens is 492 g/mol. The average molecular weight is 573 g/mol. The second-order valence-corrected chi connectivity index (χ2v) is 14.2. The van der Waals surface area contributed by atoms with E-state index in [4.69, 9.17) is 14.2 Å². The average Bonchev–Trinajstić information content (AvgIpc) is 2.89. The molecule has 3 heteroatoms. The summed E-state index contributed by atoms with van der Waals surface area (Å²) in [4.78, 5) is 0. The number of hydrogen-bond acceptors (Lipinski definition) is 3. The summed E-state index contributed by atoms with van der Waals surface area (Å²) >= 11 is 0. The molecule has 0 heterocycles. The zero-order valence-corrected chi connectivity index (χ0v) is 30.3. The highest BCUT2D eigenvalue weighted by atomic mass is 16.5. The van der Waals surface area contributed by atoms with Gasteiger partial charge in [-0.1, -0.05) is 148 Å². The molecule has 0 aliphatic rings. The SMILES string of the molecule is CCCCC(CC)COCC(C)C.CCCC[C@@H](CC)COCC(C)C.CCCC[C@H](CC)COCC(C)(C)C. The van der Waals surface area contributed by atoms with Crippen molar-refractivity contribution in [2.75, 3.05) is 39.6 Å². The highest BCUT2D eigenvalue weighted by Gasteiger charge is 2.12. The largest absolute Gasteiger partial charge is 0.381 e. The van der Waals surface area contributed by atoms with Crippen molar-refractivity contribution in [3.8, 4) is 0 Å². The quantitative estimate of drug-likeness (QED) is 0.122. The molecule has 3 atom stereocenters. The molecule has 1 unspecified atom stereocenters. The van der Waals surface area contributed by atoms with Gasteiger partial charge in [0, 0.05) is 33.0 Å². The van der Waals surface area contributed by atoms with Crippen molar-refractivity contribution in [1.29, 1.82) is 0 Å². The number of rotatable bonds is 23. The molecule has 0 spiro atoms. The van der Waals surface area contributed by atoms with Crippen LogP contribution >= 0.6 is 0 Å². The van der Waals surface area contributed by atoms with Crippen LogP contribution in [0.5, 0.6) is 0 Å². The van der Waals surface area contributed by atoms with Crippen molar-refractivity contribution in [1.82, 2.24) is 0 Å². The molecule has 0 aromatic heterocycles. The lowest BCUT2D eigenvalue weighted by molar-refractivity contribution is 0.0443. The van der Waals surface area contributed by atoms with Gasteiger partial charge < -0.3 is 14.2 Å². The Morgan fingerprint density at radius 2 is 0.750 bits per heavy atom. The van der Waals surface area contributed by atoms with Crippen LogP contribution in [0.3, 0.4) is 0 Å².